The van der Waals surface area contributed by atoms with Crippen LogP contribution < -0.4 is 9.62 Å². The standard InChI is InChI=1S/C26H30N2O3S2/c1-20-10-12-25(13-11-20)33(30,31)28(24-9-5-7-22(3)17-24)18-26(29)27-14-15-32-19-23-8-4-6-21(2)16-23/h4-13,16-17H,14-15,18-19H2,1-3H3,(H,27,29). The predicted octanol–water partition coefficient (Wildman–Crippen LogP) is 4.86. The number of rotatable bonds is 10. The molecule has 7 heteroatoms. The lowest BCUT2D eigenvalue weighted by molar-refractivity contribution is -0.119. The van der Waals surface area contributed by atoms with E-state index < -0.39 is 10.0 Å². The maximum atomic E-state index is 13.4. The van der Waals surface area contributed by atoms with Crippen molar-refractivity contribution in [1.29, 1.82) is 0 Å². The number of sulfonamides is 1. The van der Waals surface area contributed by atoms with Crippen LogP contribution in [0.1, 0.15) is 22.3 Å². The molecule has 0 aliphatic carbocycles. The molecule has 0 saturated heterocycles. The van der Waals surface area contributed by atoms with E-state index >= 15 is 0 Å². The minimum Gasteiger partial charge on any atom is -0.354 e. The summed E-state index contributed by atoms with van der Waals surface area (Å²) >= 11 is 1.73. The Labute approximate surface area is 201 Å². The number of thioether (sulfide) groups is 1. The number of amides is 1. The van der Waals surface area contributed by atoms with Crippen LogP contribution in [-0.4, -0.2) is 33.2 Å². The van der Waals surface area contributed by atoms with Crippen molar-refractivity contribution < 1.29 is 13.2 Å². The Balaban J connectivity index is 1.64. The molecule has 0 aliphatic rings. The molecule has 3 aromatic rings. The molecule has 3 rings (SSSR count). The highest BCUT2D eigenvalue weighted by Crippen LogP contribution is 2.24. The summed E-state index contributed by atoms with van der Waals surface area (Å²) in [5.74, 6) is 1.28. The van der Waals surface area contributed by atoms with Gasteiger partial charge in [0.1, 0.15) is 6.54 Å². The minimum absolute atomic E-state index is 0.163. The van der Waals surface area contributed by atoms with Crippen LogP contribution in [0.15, 0.2) is 77.7 Å². The summed E-state index contributed by atoms with van der Waals surface area (Å²) in [5.41, 5.74) is 4.84. The van der Waals surface area contributed by atoms with Gasteiger partial charge in [-0.1, -0.05) is 59.7 Å². The van der Waals surface area contributed by atoms with Gasteiger partial charge >= 0.3 is 0 Å². The fourth-order valence-electron chi connectivity index (χ4n) is 3.38. The molecule has 0 saturated carbocycles. The molecule has 0 spiro atoms. The van der Waals surface area contributed by atoms with Gasteiger partial charge in [0.2, 0.25) is 5.91 Å². The van der Waals surface area contributed by atoms with E-state index in [2.05, 4.69) is 30.4 Å². The van der Waals surface area contributed by atoms with Gasteiger partial charge in [-0.3, -0.25) is 9.10 Å². The van der Waals surface area contributed by atoms with Crippen LogP contribution in [0.5, 0.6) is 0 Å². The molecule has 0 heterocycles. The van der Waals surface area contributed by atoms with Crippen molar-refractivity contribution in [2.24, 2.45) is 0 Å². The van der Waals surface area contributed by atoms with Crippen molar-refractivity contribution in [3.05, 3.63) is 95.1 Å². The Kier molecular flexibility index (Phi) is 8.58. The Morgan fingerprint density at radius 2 is 1.55 bits per heavy atom. The molecule has 0 atom stereocenters. The van der Waals surface area contributed by atoms with Crippen LogP contribution in [0.4, 0.5) is 5.69 Å². The van der Waals surface area contributed by atoms with E-state index in [1.165, 1.54) is 15.4 Å². The first-order valence-corrected chi connectivity index (χ1v) is 13.4. The average Bonchev–Trinajstić information content (AvgIpc) is 2.77. The zero-order valence-corrected chi connectivity index (χ0v) is 20.9. The lowest BCUT2D eigenvalue weighted by atomic mass is 10.2. The second-order valence-electron chi connectivity index (χ2n) is 8.06. The van der Waals surface area contributed by atoms with E-state index in [1.54, 1.807) is 54.2 Å². The summed E-state index contributed by atoms with van der Waals surface area (Å²) in [5, 5.41) is 2.86. The van der Waals surface area contributed by atoms with E-state index in [0.29, 0.717) is 12.2 Å². The van der Waals surface area contributed by atoms with E-state index in [1.807, 2.05) is 26.0 Å². The van der Waals surface area contributed by atoms with Crippen molar-refractivity contribution in [1.82, 2.24) is 5.32 Å². The summed E-state index contributed by atoms with van der Waals surface area (Å²) in [6.07, 6.45) is 0. The van der Waals surface area contributed by atoms with Crippen LogP contribution >= 0.6 is 11.8 Å². The maximum absolute atomic E-state index is 13.4. The number of carbonyl (C=O) groups excluding carboxylic acids is 1. The second-order valence-corrected chi connectivity index (χ2v) is 11.0. The number of benzene rings is 3. The molecule has 0 fully saturated rings. The number of carbonyl (C=O) groups is 1. The Bertz CT molecular complexity index is 1190. The van der Waals surface area contributed by atoms with Crippen LogP contribution in [0.3, 0.4) is 0 Å². The van der Waals surface area contributed by atoms with Gasteiger partial charge in [-0.2, -0.15) is 11.8 Å². The molecule has 0 bridgehead atoms. The van der Waals surface area contributed by atoms with E-state index in [9.17, 15) is 13.2 Å². The third-order valence-corrected chi connectivity index (χ3v) is 7.92. The molecule has 1 amide bonds. The highest BCUT2D eigenvalue weighted by molar-refractivity contribution is 7.98. The van der Waals surface area contributed by atoms with E-state index in [4.69, 9.17) is 0 Å². The van der Waals surface area contributed by atoms with Crippen molar-refractivity contribution >= 4 is 33.4 Å². The van der Waals surface area contributed by atoms with Crippen LogP contribution in [0, 0.1) is 20.8 Å². The monoisotopic (exact) mass is 482 g/mol. The molecule has 0 aliphatic heterocycles. The fraction of sp³-hybridized carbons (Fsp3) is 0.269. The number of anilines is 1. The molecule has 0 radical (unpaired) electrons. The quantitative estimate of drug-likeness (QED) is 0.419. The number of hydrogen-bond acceptors (Lipinski definition) is 4. The zero-order valence-electron chi connectivity index (χ0n) is 19.2. The van der Waals surface area contributed by atoms with Gasteiger partial charge in [0.15, 0.2) is 0 Å². The van der Waals surface area contributed by atoms with Gasteiger partial charge in [0.25, 0.3) is 10.0 Å². The Hall–Kier alpha value is -2.77. The first-order chi connectivity index (χ1) is 15.8. The molecule has 174 valence electrons. The molecular weight excluding hydrogens is 452 g/mol. The average molecular weight is 483 g/mol. The summed E-state index contributed by atoms with van der Waals surface area (Å²) < 4.78 is 28.0. The molecule has 5 nitrogen and oxygen atoms in total. The third-order valence-electron chi connectivity index (χ3n) is 5.11. The molecule has 0 unspecified atom stereocenters. The van der Waals surface area contributed by atoms with E-state index in [-0.39, 0.29) is 17.3 Å². The van der Waals surface area contributed by atoms with Gasteiger partial charge in [0, 0.05) is 18.1 Å². The lowest BCUT2D eigenvalue weighted by Gasteiger charge is -2.24. The number of nitrogens with one attached hydrogen (secondary N) is 1. The number of nitrogens with zero attached hydrogens (tertiary/aromatic N) is 1. The van der Waals surface area contributed by atoms with Crippen LogP contribution in [0.25, 0.3) is 0 Å². The van der Waals surface area contributed by atoms with E-state index in [0.717, 1.165) is 22.6 Å². The summed E-state index contributed by atoms with van der Waals surface area (Å²) in [7, 11) is -3.89. The molecule has 33 heavy (non-hydrogen) atoms. The van der Waals surface area contributed by atoms with Crippen molar-refractivity contribution in [3.8, 4) is 0 Å². The smallest absolute Gasteiger partial charge is 0.264 e. The second kappa shape index (κ2) is 11.4. The van der Waals surface area contributed by atoms with Gasteiger partial charge in [-0.05, 0) is 56.2 Å². The maximum Gasteiger partial charge on any atom is 0.264 e. The first-order valence-electron chi connectivity index (χ1n) is 10.8. The fourth-order valence-corrected chi connectivity index (χ4v) is 5.60. The SMILES string of the molecule is Cc1ccc(S(=O)(=O)N(CC(=O)NCCSCc2cccc(C)c2)c2cccc(C)c2)cc1. The topological polar surface area (TPSA) is 66.5 Å². The summed E-state index contributed by atoms with van der Waals surface area (Å²) in [6, 6.07) is 22.2. The van der Waals surface area contributed by atoms with Crippen molar-refractivity contribution in [2.45, 2.75) is 31.4 Å². The summed E-state index contributed by atoms with van der Waals surface area (Å²) in [4.78, 5) is 12.9. The Morgan fingerprint density at radius 3 is 2.21 bits per heavy atom. The normalized spacial score (nSPS) is 11.2. The van der Waals surface area contributed by atoms with Gasteiger partial charge in [0.05, 0.1) is 10.6 Å². The molecule has 0 aromatic heterocycles. The van der Waals surface area contributed by atoms with Gasteiger partial charge in [-0.15, -0.1) is 0 Å². The summed E-state index contributed by atoms with van der Waals surface area (Å²) in [6.45, 7) is 6.06. The minimum atomic E-state index is -3.89. The van der Waals surface area contributed by atoms with Crippen molar-refractivity contribution in [2.75, 3.05) is 23.1 Å². The Morgan fingerprint density at radius 1 is 0.879 bits per heavy atom. The third kappa shape index (κ3) is 7.11. The lowest BCUT2D eigenvalue weighted by Crippen LogP contribution is -2.41. The molecular formula is C26H30N2O3S2. The predicted molar refractivity (Wildman–Crippen MR) is 137 cm³/mol. The largest absolute Gasteiger partial charge is 0.354 e. The number of hydrogen-bond donors (Lipinski definition) is 1. The molecule has 1 N–H and O–H groups in total. The molecule has 3 aromatic carbocycles. The first kappa shape index (κ1) is 24.9. The zero-order chi connectivity index (χ0) is 23.8. The van der Waals surface area contributed by atoms with Crippen molar-refractivity contribution in [3.63, 3.8) is 0 Å². The van der Waals surface area contributed by atoms with Gasteiger partial charge in [-0.25, -0.2) is 8.42 Å². The highest BCUT2D eigenvalue weighted by atomic mass is 32.2. The van der Waals surface area contributed by atoms with Crippen LogP contribution in [0.2, 0.25) is 0 Å². The van der Waals surface area contributed by atoms with Crippen LogP contribution in [-0.2, 0) is 20.6 Å². The van der Waals surface area contributed by atoms with Gasteiger partial charge < -0.3 is 5.32 Å². The highest BCUT2D eigenvalue weighted by Gasteiger charge is 2.27. The number of aryl methyl sites for hydroxylation is 3.